The summed E-state index contributed by atoms with van der Waals surface area (Å²) in [7, 11) is 0. The van der Waals surface area contributed by atoms with E-state index in [1.54, 1.807) is 0 Å². The Morgan fingerprint density at radius 2 is 2.05 bits per heavy atom. The van der Waals surface area contributed by atoms with Crippen molar-refractivity contribution in [3.63, 3.8) is 0 Å². The van der Waals surface area contributed by atoms with Crippen LogP contribution in [0.25, 0.3) is 11.0 Å². The first kappa shape index (κ1) is 15.0. The van der Waals surface area contributed by atoms with Crippen LogP contribution in [0.3, 0.4) is 0 Å². The van der Waals surface area contributed by atoms with Crippen LogP contribution >= 0.6 is 0 Å². The molecule has 1 aromatic carbocycles. The molecule has 1 N–H and O–H groups in total. The number of imidazole rings is 1. The number of nitrogens with zero attached hydrogens (tertiary/aromatic N) is 3. The summed E-state index contributed by atoms with van der Waals surface area (Å²) in [6, 6.07) is 8.81. The molecule has 0 atom stereocenters. The number of carbonyl (C=O) groups is 1. The van der Waals surface area contributed by atoms with Gasteiger partial charge in [0.1, 0.15) is 5.82 Å². The van der Waals surface area contributed by atoms with Crippen molar-refractivity contribution in [3.05, 3.63) is 30.1 Å². The van der Waals surface area contributed by atoms with E-state index < -0.39 is 5.97 Å². The molecular formula is C17H23N3O2. The Morgan fingerprint density at radius 3 is 2.73 bits per heavy atom. The van der Waals surface area contributed by atoms with E-state index in [4.69, 9.17) is 10.1 Å². The molecule has 0 amide bonds. The molecular weight excluding hydrogens is 278 g/mol. The molecule has 0 spiro atoms. The van der Waals surface area contributed by atoms with Crippen LogP contribution < -0.4 is 0 Å². The number of rotatable bonds is 5. The summed E-state index contributed by atoms with van der Waals surface area (Å²) in [6.45, 7) is 4.74. The molecule has 0 aliphatic carbocycles. The lowest BCUT2D eigenvalue weighted by atomic mass is 10.0. The number of piperidine rings is 1. The molecule has 0 radical (unpaired) electrons. The summed E-state index contributed by atoms with van der Waals surface area (Å²) in [5, 5.41) is 8.79. The Balaban J connectivity index is 1.75. The van der Waals surface area contributed by atoms with Gasteiger partial charge in [-0.25, -0.2) is 4.98 Å². The zero-order chi connectivity index (χ0) is 15.5. The molecule has 22 heavy (non-hydrogen) atoms. The van der Waals surface area contributed by atoms with E-state index in [9.17, 15) is 4.79 Å². The SMILES string of the molecule is CCc1nc2ccccc2n1C1CCN(CCC(=O)O)CC1. The third-order valence-electron chi connectivity index (χ3n) is 4.55. The number of hydrogen-bond donors (Lipinski definition) is 1. The molecule has 1 saturated heterocycles. The van der Waals surface area contributed by atoms with E-state index in [2.05, 4.69) is 34.6 Å². The van der Waals surface area contributed by atoms with E-state index in [1.165, 1.54) is 5.52 Å². The highest BCUT2D eigenvalue weighted by atomic mass is 16.4. The highest BCUT2D eigenvalue weighted by molar-refractivity contribution is 5.76. The predicted octanol–water partition coefficient (Wildman–Crippen LogP) is 2.71. The summed E-state index contributed by atoms with van der Waals surface area (Å²) < 4.78 is 2.41. The first-order valence-electron chi connectivity index (χ1n) is 8.09. The van der Waals surface area contributed by atoms with Gasteiger partial charge in [0.05, 0.1) is 17.5 Å². The Bertz CT molecular complexity index is 657. The monoisotopic (exact) mass is 301 g/mol. The Kier molecular flexibility index (Phi) is 4.43. The van der Waals surface area contributed by atoms with Gasteiger partial charge in [-0.1, -0.05) is 19.1 Å². The lowest BCUT2D eigenvalue weighted by Gasteiger charge is -2.33. The first-order chi connectivity index (χ1) is 10.7. The lowest BCUT2D eigenvalue weighted by molar-refractivity contribution is -0.137. The van der Waals surface area contributed by atoms with Crippen LogP contribution in [0.4, 0.5) is 0 Å². The fraction of sp³-hybridized carbons (Fsp3) is 0.529. The van der Waals surface area contributed by atoms with Gasteiger partial charge >= 0.3 is 5.97 Å². The Morgan fingerprint density at radius 1 is 1.32 bits per heavy atom. The Labute approximate surface area is 130 Å². The molecule has 3 rings (SSSR count). The minimum Gasteiger partial charge on any atom is -0.481 e. The van der Waals surface area contributed by atoms with Gasteiger partial charge < -0.3 is 14.6 Å². The number of likely N-dealkylation sites (tertiary alicyclic amines) is 1. The molecule has 1 aliphatic heterocycles. The molecule has 0 unspecified atom stereocenters. The second kappa shape index (κ2) is 6.48. The van der Waals surface area contributed by atoms with Crippen molar-refractivity contribution < 1.29 is 9.90 Å². The van der Waals surface area contributed by atoms with Gasteiger partial charge in [0.25, 0.3) is 0 Å². The quantitative estimate of drug-likeness (QED) is 0.922. The molecule has 1 aliphatic rings. The van der Waals surface area contributed by atoms with Crippen LogP contribution in [0.2, 0.25) is 0 Å². The smallest absolute Gasteiger partial charge is 0.304 e. The Hall–Kier alpha value is -1.88. The van der Waals surface area contributed by atoms with Crippen molar-refractivity contribution in [2.45, 2.75) is 38.6 Å². The molecule has 1 fully saturated rings. The van der Waals surface area contributed by atoms with Gasteiger partial charge in [-0.3, -0.25) is 4.79 Å². The van der Waals surface area contributed by atoms with Crippen LogP contribution in [0.5, 0.6) is 0 Å². The van der Waals surface area contributed by atoms with Gasteiger partial charge in [0.2, 0.25) is 0 Å². The zero-order valence-corrected chi connectivity index (χ0v) is 13.0. The topological polar surface area (TPSA) is 58.4 Å². The van der Waals surface area contributed by atoms with Crippen LogP contribution in [0.15, 0.2) is 24.3 Å². The lowest BCUT2D eigenvalue weighted by Crippen LogP contribution is -2.36. The number of para-hydroxylation sites is 2. The van der Waals surface area contributed by atoms with Crippen molar-refractivity contribution in [1.82, 2.24) is 14.5 Å². The number of carboxylic acids is 1. The van der Waals surface area contributed by atoms with Gasteiger partial charge in [-0.05, 0) is 25.0 Å². The molecule has 5 nitrogen and oxygen atoms in total. The average molecular weight is 301 g/mol. The van der Waals surface area contributed by atoms with Crippen molar-refractivity contribution in [1.29, 1.82) is 0 Å². The molecule has 1 aromatic heterocycles. The van der Waals surface area contributed by atoms with Crippen molar-refractivity contribution >= 4 is 17.0 Å². The van der Waals surface area contributed by atoms with E-state index in [-0.39, 0.29) is 6.42 Å². The molecule has 0 bridgehead atoms. The van der Waals surface area contributed by atoms with Crippen LogP contribution in [-0.2, 0) is 11.2 Å². The summed E-state index contributed by atoms with van der Waals surface area (Å²) in [6.07, 6.45) is 3.30. The maximum atomic E-state index is 10.7. The number of aryl methyl sites for hydroxylation is 1. The minimum atomic E-state index is -0.712. The van der Waals surface area contributed by atoms with Gasteiger partial charge in [-0.15, -0.1) is 0 Å². The predicted molar refractivity (Wildman–Crippen MR) is 86.1 cm³/mol. The van der Waals surface area contributed by atoms with Crippen LogP contribution in [-0.4, -0.2) is 45.2 Å². The highest BCUT2D eigenvalue weighted by Crippen LogP contribution is 2.29. The number of fused-ring (bicyclic) bond motifs is 1. The maximum absolute atomic E-state index is 10.7. The third kappa shape index (κ3) is 2.99. The molecule has 118 valence electrons. The molecule has 2 heterocycles. The third-order valence-corrected chi connectivity index (χ3v) is 4.55. The van der Waals surface area contributed by atoms with Gasteiger partial charge in [-0.2, -0.15) is 0 Å². The normalized spacial score (nSPS) is 17.1. The summed E-state index contributed by atoms with van der Waals surface area (Å²) >= 11 is 0. The van der Waals surface area contributed by atoms with Crippen LogP contribution in [0, 0.1) is 0 Å². The van der Waals surface area contributed by atoms with Gasteiger partial charge in [0.15, 0.2) is 0 Å². The van der Waals surface area contributed by atoms with Crippen molar-refractivity contribution in [2.24, 2.45) is 0 Å². The number of aromatic nitrogens is 2. The summed E-state index contributed by atoms with van der Waals surface area (Å²) in [5.74, 6) is 0.446. The maximum Gasteiger partial charge on any atom is 0.304 e. The highest BCUT2D eigenvalue weighted by Gasteiger charge is 2.24. The minimum absolute atomic E-state index is 0.235. The molecule has 0 saturated carbocycles. The van der Waals surface area contributed by atoms with E-state index in [0.29, 0.717) is 12.6 Å². The van der Waals surface area contributed by atoms with E-state index >= 15 is 0 Å². The van der Waals surface area contributed by atoms with Crippen molar-refractivity contribution in [2.75, 3.05) is 19.6 Å². The fourth-order valence-corrected chi connectivity index (χ4v) is 3.41. The van der Waals surface area contributed by atoms with Crippen LogP contribution in [0.1, 0.15) is 38.1 Å². The number of benzene rings is 1. The summed E-state index contributed by atoms with van der Waals surface area (Å²) in [5.41, 5.74) is 2.30. The first-order valence-corrected chi connectivity index (χ1v) is 8.09. The second-order valence-electron chi connectivity index (χ2n) is 5.96. The second-order valence-corrected chi connectivity index (χ2v) is 5.96. The standard InChI is InChI=1S/C17H23N3O2/c1-2-16-18-14-5-3-4-6-15(14)20(16)13-7-10-19(11-8-13)12-9-17(21)22/h3-6,13H,2,7-12H2,1H3,(H,21,22). The van der Waals surface area contributed by atoms with E-state index in [0.717, 1.165) is 43.7 Å². The number of carboxylic acid groups (broad SMARTS) is 1. The molecule has 2 aromatic rings. The number of aliphatic carboxylic acids is 1. The van der Waals surface area contributed by atoms with E-state index in [1.807, 2.05) is 6.07 Å². The summed E-state index contributed by atoms with van der Waals surface area (Å²) in [4.78, 5) is 17.7. The zero-order valence-electron chi connectivity index (χ0n) is 13.0. The number of hydrogen-bond acceptors (Lipinski definition) is 3. The molecule has 5 heteroatoms. The largest absolute Gasteiger partial charge is 0.481 e. The average Bonchev–Trinajstić information content (AvgIpc) is 2.92. The van der Waals surface area contributed by atoms with Crippen molar-refractivity contribution in [3.8, 4) is 0 Å². The van der Waals surface area contributed by atoms with Gasteiger partial charge in [0, 0.05) is 32.1 Å². The fourth-order valence-electron chi connectivity index (χ4n) is 3.41.